The van der Waals surface area contributed by atoms with Gasteiger partial charge in [0.2, 0.25) is 0 Å². The number of nitriles is 1. The Kier molecular flexibility index (Phi) is 6.06. The Morgan fingerprint density at radius 1 is 1.58 bits per heavy atom. The number of nitrogens with one attached hydrogen (secondary N) is 2. The number of rotatable bonds is 5. The highest BCUT2D eigenvalue weighted by molar-refractivity contribution is 5.67. The van der Waals surface area contributed by atoms with Crippen molar-refractivity contribution >= 4 is 6.09 Å². The molecule has 0 aliphatic carbocycles. The molecular formula is C13H23N3O3. The summed E-state index contributed by atoms with van der Waals surface area (Å²) in [5.41, 5.74) is -0.530. The fourth-order valence-corrected chi connectivity index (χ4v) is 1.74. The van der Waals surface area contributed by atoms with Gasteiger partial charge in [-0.25, -0.2) is 4.79 Å². The van der Waals surface area contributed by atoms with Crippen LogP contribution < -0.4 is 10.6 Å². The molecule has 1 saturated heterocycles. The summed E-state index contributed by atoms with van der Waals surface area (Å²) in [5, 5.41) is 14.7. The molecular weight excluding hydrogens is 246 g/mol. The van der Waals surface area contributed by atoms with Gasteiger partial charge in [0.15, 0.2) is 0 Å². The Balaban J connectivity index is 2.21. The number of alkyl carbamates (subject to hydrolysis) is 1. The zero-order chi connectivity index (χ0) is 14.3. The Labute approximate surface area is 114 Å². The van der Waals surface area contributed by atoms with Crippen LogP contribution in [-0.4, -0.2) is 43.5 Å². The lowest BCUT2D eigenvalue weighted by Crippen LogP contribution is -2.44. The summed E-state index contributed by atoms with van der Waals surface area (Å²) in [6, 6.07) is 1.67. The second kappa shape index (κ2) is 7.31. The molecule has 1 fully saturated rings. The third-order valence-electron chi connectivity index (χ3n) is 2.62. The number of amides is 1. The van der Waals surface area contributed by atoms with Gasteiger partial charge in [-0.2, -0.15) is 5.26 Å². The molecule has 0 bridgehead atoms. The Morgan fingerprint density at radius 3 is 2.84 bits per heavy atom. The molecule has 108 valence electrons. The van der Waals surface area contributed by atoms with E-state index < -0.39 is 17.7 Å². The van der Waals surface area contributed by atoms with Gasteiger partial charge in [0.25, 0.3) is 0 Å². The van der Waals surface area contributed by atoms with Crippen molar-refractivity contribution in [2.45, 2.75) is 51.4 Å². The highest BCUT2D eigenvalue weighted by atomic mass is 16.6. The van der Waals surface area contributed by atoms with Crippen LogP contribution in [0.2, 0.25) is 0 Å². The first-order valence-electron chi connectivity index (χ1n) is 6.62. The van der Waals surface area contributed by atoms with Crippen molar-refractivity contribution in [3.05, 3.63) is 0 Å². The zero-order valence-electron chi connectivity index (χ0n) is 11.9. The van der Waals surface area contributed by atoms with E-state index in [4.69, 9.17) is 14.7 Å². The standard InChI is InChI=1S/C13H23N3O3/c1-13(2,3)19-12(17)16-8-10(7-14)15-9-11-5-4-6-18-11/h10-11,15H,4-6,8-9H2,1-3H3,(H,16,17). The predicted molar refractivity (Wildman–Crippen MR) is 70.6 cm³/mol. The van der Waals surface area contributed by atoms with Crippen molar-refractivity contribution < 1.29 is 14.3 Å². The van der Waals surface area contributed by atoms with Crippen LogP contribution in [0.5, 0.6) is 0 Å². The summed E-state index contributed by atoms with van der Waals surface area (Å²) in [4.78, 5) is 11.4. The van der Waals surface area contributed by atoms with Crippen molar-refractivity contribution in [2.24, 2.45) is 0 Å². The van der Waals surface area contributed by atoms with Crippen LogP contribution in [-0.2, 0) is 9.47 Å². The molecule has 0 spiro atoms. The third-order valence-corrected chi connectivity index (χ3v) is 2.62. The van der Waals surface area contributed by atoms with E-state index in [1.54, 1.807) is 20.8 Å². The molecule has 1 aliphatic rings. The van der Waals surface area contributed by atoms with E-state index in [-0.39, 0.29) is 12.6 Å². The maximum atomic E-state index is 11.4. The minimum Gasteiger partial charge on any atom is -0.444 e. The third kappa shape index (κ3) is 6.99. The highest BCUT2D eigenvalue weighted by Crippen LogP contribution is 2.10. The first-order chi connectivity index (χ1) is 8.90. The summed E-state index contributed by atoms with van der Waals surface area (Å²) in [5.74, 6) is 0. The fourth-order valence-electron chi connectivity index (χ4n) is 1.74. The Bertz CT molecular complexity index is 327. The van der Waals surface area contributed by atoms with Crippen LogP contribution in [0.3, 0.4) is 0 Å². The lowest BCUT2D eigenvalue weighted by Gasteiger charge is -2.21. The van der Waals surface area contributed by atoms with Crippen molar-refractivity contribution in [1.29, 1.82) is 5.26 Å². The lowest BCUT2D eigenvalue weighted by molar-refractivity contribution is 0.0524. The van der Waals surface area contributed by atoms with Gasteiger partial charge >= 0.3 is 6.09 Å². The van der Waals surface area contributed by atoms with Gasteiger partial charge in [-0.3, -0.25) is 5.32 Å². The van der Waals surface area contributed by atoms with Crippen molar-refractivity contribution in [1.82, 2.24) is 10.6 Å². The first kappa shape index (κ1) is 15.7. The normalized spacial score (nSPS) is 20.6. The van der Waals surface area contributed by atoms with Gasteiger partial charge in [-0.15, -0.1) is 0 Å². The summed E-state index contributed by atoms with van der Waals surface area (Å²) in [6.45, 7) is 7.03. The van der Waals surface area contributed by atoms with Crippen LogP contribution in [0.25, 0.3) is 0 Å². The van der Waals surface area contributed by atoms with E-state index in [2.05, 4.69) is 16.7 Å². The van der Waals surface area contributed by atoms with Gasteiger partial charge in [-0.1, -0.05) is 0 Å². The number of carbonyl (C=O) groups excluding carboxylic acids is 1. The molecule has 1 heterocycles. The molecule has 1 amide bonds. The molecule has 2 atom stereocenters. The molecule has 1 aliphatic heterocycles. The molecule has 0 aromatic heterocycles. The van der Waals surface area contributed by atoms with Gasteiger partial charge in [-0.05, 0) is 33.6 Å². The van der Waals surface area contributed by atoms with E-state index in [9.17, 15) is 4.79 Å². The van der Waals surface area contributed by atoms with Crippen LogP contribution >= 0.6 is 0 Å². The average molecular weight is 269 g/mol. The number of hydrogen-bond donors (Lipinski definition) is 2. The molecule has 19 heavy (non-hydrogen) atoms. The molecule has 0 radical (unpaired) electrons. The minimum atomic E-state index is -0.530. The van der Waals surface area contributed by atoms with Crippen LogP contribution in [0.4, 0.5) is 4.79 Å². The molecule has 0 aromatic rings. The number of hydrogen-bond acceptors (Lipinski definition) is 5. The predicted octanol–water partition coefficient (Wildman–Crippen LogP) is 1.17. The smallest absolute Gasteiger partial charge is 0.407 e. The van der Waals surface area contributed by atoms with E-state index >= 15 is 0 Å². The van der Waals surface area contributed by atoms with Crippen LogP contribution in [0.15, 0.2) is 0 Å². The largest absolute Gasteiger partial charge is 0.444 e. The Hall–Kier alpha value is -1.32. The molecule has 0 aromatic carbocycles. The van der Waals surface area contributed by atoms with Crippen molar-refractivity contribution in [3.63, 3.8) is 0 Å². The number of nitrogens with zero attached hydrogens (tertiary/aromatic N) is 1. The first-order valence-corrected chi connectivity index (χ1v) is 6.62. The Morgan fingerprint density at radius 2 is 2.32 bits per heavy atom. The van der Waals surface area contributed by atoms with Crippen LogP contribution in [0, 0.1) is 11.3 Å². The maximum Gasteiger partial charge on any atom is 0.407 e. The van der Waals surface area contributed by atoms with E-state index in [0.717, 1.165) is 19.4 Å². The lowest BCUT2D eigenvalue weighted by atomic mass is 10.2. The molecule has 2 N–H and O–H groups in total. The second-order valence-electron chi connectivity index (χ2n) is 5.61. The van der Waals surface area contributed by atoms with Gasteiger partial charge in [0, 0.05) is 19.7 Å². The molecule has 6 heteroatoms. The maximum absolute atomic E-state index is 11.4. The second-order valence-corrected chi connectivity index (χ2v) is 5.61. The molecule has 1 rings (SSSR count). The van der Waals surface area contributed by atoms with Crippen molar-refractivity contribution in [2.75, 3.05) is 19.7 Å². The summed E-state index contributed by atoms with van der Waals surface area (Å²) < 4.78 is 10.6. The van der Waals surface area contributed by atoms with Gasteiger partial charge in [0.05, 0.1) is 12.2 Å². The fraction of sp³-hybridized carbons (Fsp3) is 0.846. The van der Waals surface area contributed by atoms with Gasteiger partial charge in [0.1, 0.15) is 11.6 Å². The van der Waals surface area contributed by atoms with E-state index in [1.165, 1.54) is 0 Å². The zero-order valence-corrected chi connectivity index (χ0v) is 11.9. The number of ether oxygens (including phenoxy) is 2. The molecule has 2 unspecified atom stereocenters. The van der Waals surface area contributed by atoms with E-state index in [0.29, 0.717) is 6.54 Å². The SMILES string of the molecule is CC(C)(C)OC(=O)NCC(C#N)NCC1CCCO1. The molecule has 0 saturated carbocycles. The molecule has 6 nitrogen and oxygen atoms in total. The quantitative estimate of drug-likeness (QED) is 0.783. The minimum absolute atomic E-state index is 0.178. The summed E-state index contributed by atoms with van der Waals surface area (Å²) >= 11 is 0. The number of carbonyl (C=O) groups is 1. The van der Waals surface area contributed by atoms with E-state index in [1.807, 2.05) is 0 Å². The topological polar surface area (TPSA) is 83.4 Å². The summed E-state index contributed by atoms with van der Waals surface area (Å²) in [6.07, 6.45) is 1.76. The average Bonchev–Trinajstić information content (AvgIpc) is 2.80. The van der Waals surface area contributed by atoms with Crippen molar-refractivity contribution in [3.8, 4) is 6.07 Å². The monoisotopic (exact) mass is 269 g/mol. The summed E-state index contributed by atoms with van der Waals surface area (Å²) in [7, 11) is 0. The highest BCUT2D eigenvalue weighted by Gasteiger charge is 2.19. The van der Waals surface area contributed by atoms with Crippen LogP contribution in [0.1, 0.15) is 33.6 Å². The van der Waals surface area contributed by atoms with Gasteiger partial charge < -0.3 is 14.8 Å².